The predicted molar refractivity (Wildman–Crippen MR) is 55.8 cm³/mol. The summed E-state index contributed by atoms with van der Waals surface area (Å²) < 4.78 is 35.3. The highest BCUT2D eigenvalue weighted by molar-refractivity contribution is 7.89. The Labute approximate surface area is 93.6 Å². The second-order valence-corrected chi connectivity index (χ2v) is 4.90. The summed E-state index contributed by atoms with van der Waals surface area (Å²) in [7, 11) is -2.25. The third kappa shape index (κ3) is 3.16. The molecule has 1 atom stereocenters. The molecule has 0 fully saturated rings. The van der Waals surface area contributed by atoms with Gasteiger partial charge in [0.05, 0.1) is 6.61 Å². The van der Waals surface area contributed by atoms with Crippen LogP contribution in [0.4, 0.5) is 0 Å². The summed E-state index contributed by atoms with van der Waals surface area (Å²) in [6, 6.07) is 2.15. The van der Waals surface area contributed by atoms with Crippen molar-refractivity contribution in [2.75, 3.05) is 13.7 Å². The van der Waals surface area contributed by atoms with E-state index in [9.17, 15) is 13.2 Å². The van der Waals surface area contributed by atoms with Crippen LogP contribution in [-0.4, -0.2) is 34.5 Å². The zero-order valence-electron chi connectivity index (χ0n) is 8.97. The number of rotatable bonds is 6. The largest absolute Gasteiger partial charge is 0.440 e. The second-order valence-electron chi connectivity index (χ2n) is 3.25. The molecule has 0 radical (unpaired) electrons. The van der Waals surface area contributed by atoms with Gasteiger partial charge >= 0.3 is 0 Å². The van der Waals surface area contributed by atoms with Gasteiger partial charge in [-0.05, 0) is 19.1 Å². The lowest BCUT2D eigenvalue weighted by atomic mass is 10.4. The van der Waals surface area contributed by atoms with Crippen molar-refractivity contribution in [3.63, 3.8) is 0 Å². The SMILES string of the molecule is COCC(C)NS(=O)(=O)c1ccc(C=O)o1. The van der Waals surface area contributed by atoms with E-state index in [0.29, 0.717) is 6.29 Å². The first kappa shape index (κ1) is 12.9. The van der Waals surface area contributed by atoms with Crippen molar-refractivity contribution in [2.24, 2.45) is 0 Å². The minimum atomic E-state index is -3.73. The Hall–Kier alpha value is -1.18. The molecule has 0 spiro atoms. The zero-order chi connectivity index (χ0) is 12.2. The van der Waals surface area contributed by atoms with Crippen molar-refractivity contribution < 1.29 is 22.4 Å². The number of sulfonamides is 1. The van der Waals surface area contributed by atoms with E-state index in [1.54, 1.807) is 6.92 Å². The van der Waals surface area contributed by atoms with Crippen molar-refractivity contribution in [1.29, 1.82) is 0 Å². The fourth-order valence-electron chi connectivity index (χ4n) is 1.15. The minimum absolute atomic E-state index is 0.0280. The van der Waals surface area contributed by atoms with E-state index in [1.807, 2.05) is 0 Å². The maximum atomic E-state index is 11.7. The van der Waals surface area contributed by atoms with Crippen molar-refractivity contribution >= 4 is 16.3 Å². The highest BCUT2D eigenvalue weighted by atomic mass is 32.2. The number of carbonyl (C=O) groups excluding carboxylic acids is 1. The normalized spacial score (nSPS) is 13.6. The van der Waals surface area contributed by atoms with E-state index in [0.717, 1.165) is 0 Å². The average molecular weight is 247 g/mol. The van der Waals surface area contributed by atoms with Crippen LogP contribution in [0.3, 0.4) is 0 Å². The molecule has 1 rings (SSSR count). The summed E-state index contributed by atoms with van der Waals surface area (Å²) in [6.07, 6.45) is 0.442. The molecule has 16 heavy (non-hydrogen) atoms. The fraction of sp³-hybridized carbons (Fsp3) is 0.444. The molecule has 1 unspecified atom stereocenters. The monoisotopic (exact) mass is 247 g/mol. The lowest BCUT2D eigenvalue weighted by molar-refractivity contribution is 0.109. The number of methoxy groups -OCH3 is 1. The van der Waals surface area contributed by atoms with Gasteiger partial charge < -0.3 is 9.15 Å². The summed E-state index contributed by atoms with van der Waals surface area (Å²) in [5.41, 5.74) is 0. The van der Waals surface area contributed by atoms with Crippen LogP contribution in [0.1, 0.15) is 17.5 Å². The number of carbonyl (C=O) groups is 1. The van der Waals surface area contributed by atoms with E-state index < -0.39 is 10.0 Å². The lowest BCUT2D eigenvalue weighted by Gasteiger charge is -2.11. The number of ether oxygens (including phenoxy) is 1. The van der Waals surface area contributed by atoms with E-state index in [-0.39, 0.29) is 23.5 Å². The quantitative estimate of drug-likeness (QED) is 0.736. The smallest absolute Gasteiger partial charge is 0.274 e. The van der Waals surface area contributed by atoms with Crippen LogP contribution < -0.4 is 4.72 Å². The predicted octanol–water partition coefficient (Wildman–Crippen LogP) is 0.405. The maximum absolute atomic E-state index is 11.7. The Kier molecular flexibility index (Phi) is 4.22. The third-order valence-electron chi connectivity index (χ3n) is 1.76. The van der Waals surface area contributed by atoms with Gasteiger partial charge in [0, 0.05) is 13.2 Å². The van der Waals surface area contributed by atoms with Gasteiger partial charge in [0.15, 0.2) is 12.0 Å². The molecule has 0 bridgehead atoms. The molecular weight excluding hydrogens is 234 g/mol. The molecule has 1 aromatic heterocycles. The molecular formula is C9H13NO5S. The van der Waals surface area contributed by atoms with Crippen LogP contribution >= 0.6 is 0 Å². The molecule has 0 amide bonds. The Balaban J connectivity index is 2.81. The van der Waals surface area contributed by atoms with Crippen molar-refractivity contribution in [1.82, 2.24) is 4.72 Å². The molecule has 0 saturated heterocycles. The molecule has 0 aromatic carbocycles. The first-order valence-corrected chi connectivity index (χ1v) is 6.04. The van der Waals surface area contributed by atoms with Crippen LogP contribution in [0, 0.1) is 0 Å². The van der Waals surface area contributed by atoms with Gasteiger partial charge in [-0.25, -0.2) is 13.1 Å². The molecule has 1 heterocycles. The molecule has 0 aliphatic rings. The third-order valence-corrected chi connectivity index (χ3v) is 3.22. The van der Waals surface area contributed by atoms with Gasteiger partial charge in [-0.1, -0.05) is 0 Å². The standard InChI is InChI=1S/C9H13NO5S/c1-7(6-14-2)10-16(12,13)9-4-3-8(5-11)15-9/h3-5,7,10H,6H2,1-2H3. The van der Waals surface area contributed by atoms with Gasteiger partial charge in [0.2, 0.25) is 5.09 Å². The van der Waals surface area contributed by atoms with Gasteiger partial charge in [-0.15, -0.1) is 0 Å². The molecule has 90 valence electrons. The molecule has 1 N–H and O–H groups in total. The Morgan fingerprint density at radius 1 is 1.56 bits per heavy atom. The summed E-state index contributed by atoms with van der Waals surface area (Å²) in [5.74, 6) is -0.0280. The van der Waals surface area contributed by atoms with Crippen LogP contribution in [0.15, 0.2) is 21.6 Å². The maximum Gasteiger partial charge on any atom is 0.274 e. The van der Waals surface area contributed by atoms with Crippen molar-refractivity contribution in [3.05, 3.63) is 17.9 Å². The second kappa shape index (κ2) is 5.24. The molecule has 1 aromatic rings. The van der Waals surface area contributed by atoms with E-state index in [1.165, 1.54) is 19.2 Å². The van der Waals surface area contributed by atoms with Crippen LogP contribution in [0.25, 0.3) is 0 Å². The molecule has 0 aliphatic carbocycles. The number of nitrogens with one attached hydrogen (secondary N) is 1. The minimum Gasteiger partial charge on any atom is -0.440 e. The van der Waals surface area contributed by atoms with Gasteiger partial charge in [0.25, 0.3) is 10.0 Å². The highest BCUT2D eigenvalue weighted by Gasteiger charge is 2.21. The molecule has 0 aliphatic heterocycles. The number of furan rings is 1. The number of hydrogen-bond acceptors (Lipinski definition) is 5. The van der Waals surface area contributed by atoms with Crippen LogP contribution in [0.2, 0.25) is 0 Å². The molecule has 0 saturated carbocycles. The Morgan fingerprint density at radius 2 is 2.25 bits per heavy atom. The zero-order valence-corrected chi connectivity index (χ0v) is 9.78. The summed E-state index contributed by atoms with van der Waals surface area (Å²) >= 11 is 0. The van der Waals surface area contributed by atoms with Crippen molar-refractivity contribution in [3.8, 4) is 0 Å². The fourth-order valence-corrected chi connectivity index (χ4v) is 2.32. The Bertz CT molecular complexity index is 450. The molecule has 7 heteroatoms. The van der Waals surface area contributed by atoms with Crippen molar-refractivity contribution in [2.45, 2.75) is 18.1 Å². The molecule has 6 nitrogen and oxygen atoms in total. The highest BCUT2D eigenvalue weighted by Crippen LogP contribution is 2.12. The van der Waals surface area contributed by atoms with Gasteiger partial charge in [0.1, 0.15) is 0 Å². The lowest BCUT2D eigenvalue weighted by Crippen LogP contribution is -2.35. The van der Waals surface area contributed by atoms with Gasteiger partial charge in [-0.3, -0.25) is 4.79 Å². The number of aldehydes is 1. The first-order chi connectivity index (χ1) is 7.49. The summed E-state index contributed by atoms with van der Waals surface area (Å²) in [4.78, 5) is 10.3. The van der Waals surface area contributed by atoms with Crippen LogP contribution in [0.5, 0.6) is 0 Å². The summed E-state index contributed by atoms with van der Waals surface area (Å²) in [5, 5.41) is -0.280. The Morgan fingerprint density at radius 3 is 2.75 bits per heavy atom. The van der Waals surface area contributed by atoms with E-state index in [4.69, 9.17) is 9.15 Å². The van der Waals surface area contributed by atoms with Crippen LogP contribution in [-0.2, 0) is 14.8 Å². The van der Waals surface area contributed by atoms with Gasteiger partial charge in [-0.2, -0.15) is 0 Å². The topological polar surface area (TPSA) is 85.6 Å². The number of hydrogen-bond donors (Lipinski definition) is 1. The average Bonchev–Trinajstić information content (AvgIpc) is 2.65. The van der Waals surface area contributed by atoms with E-state index >= 15 is 0 Å². The van der Waals surface area contributed by atoms with E-state index in [2.05, 4.69) is 4.72 Å². The summed E-state index contributed by atoms with van der Waals surface area (Å²) in [6.45, 7) is 1.91. The first-order valence-electron chi connectivity index (χ1n) is 4.56.